The average molecular weight is 1890 g/mol. The quantitative estimate of drug-likeness (QED) is 0.00731. The largest absolute Gasteiger partial charge is 0.506 e. The van der Waals surface area contributed by atoms with Crippen LogP contribution in [-0.4, -0.2) is 240 Å². The van der Waals surface area contributed by atoms with E-state index in [-0.39, 0.29) is 120 Å². The van der Waals surface area contributed by atoms with Crippen molar-refractivity contribution in [3.8, 4) is 5.75 Å². The monoisotopic (exact) mass is 1890 g/mol. The van der Waals surface area contributed by atoms with Gasteiger partial charge in [0, 0.05) is 50.5 Å². The molecule has 47 heteroatoms. The van der Waals surface area contributed by atoms with Crippen LogP contribution in [0.3, 0.4) is 0 Å². The Hall–Kier alpha value is -10.3. The number of ketones is 1. The molecule has 0 heterocycles. The number of nitrogens with two attached hydrogens (primary N) is 6. The van der Waals surface area contributed by atoms with Crippen molar-refractivity contribution in [3.05, 3.63) is 60.7 Å². The van der Waals surface area contributed by atoms with Gasteiger partial charge in [0.25, 0.3) is 5.91 Å². The molecule has 0 saturated carbocycles. The summed E-state index contributed by atoms with van der Waals surface area (Å²) >= 11 is 12.0. The highest BCUT2D eigenvalue weighted by Crippen LogP contribution is 2.28. The normalized spacial score (nSPS) is 14.2. The Bertz CT molecular complexity index is 3760. The molecular weight excluding hydrogens is 1780 g/mol. The van der Waals surface area contributed by atoms with Gasteiger partial charge < -0.3 is 130 Å². The Balaban J connectivity index is 2.49. The number of primary amides is 1. The van der Waals surface area contributed by atoms with E-state index in [4.69, 9.17) is 56.0 Å². The lowest BCUT2D eigenvalue weighted by Crippen LogP contribution is -2.62. The van der Waals surface area contributed by atoms with Crippen LogP contribution in [0.4, 0.5) is 0 Å². The molecule has 0 spiro atoms. The van der Waals surface area contributed by atoms with Crippen molar-refractivity contribution in [1.29, 1.82) is 21.6 Å². The summed E-state index contributed by atoms with van der Waals surface area (Å²) in [5.74, 6) is -19.6. The molecule has 2 aromatic rings. The third-order valence-corrected chi connectivity index (χ3v) is 20.0. The first-order valence-corrected chi connectivity index (χ1v) is 40.2. The second kappa shape index (κ2) is 53.8. The minimum atomic E-state index is -2.00. The van der Waals surface area contributed by atoms with Crippen LogP contribution < -0.4 is 119 Å². The summed E-state index contributed by atoms with van der Waals surface area (Å²) in [4.78, 5) is 206. The maximum atomic E-state index is 14.7. The number of nitrogens with one attached hydrogen (secondary N) is 20. The number of carbonyl (C=O) groups is 15. The molecule has 13 amide bonds. The molecular formula is C69H110I2N26O17S2. The van der Waals surface area contributed by atoms with Crippen LogP contribution in [0.25, 0.3) is 0 Å². The van der Waals surface area contributed by atoms with Gasteiger partial charge in [0.1, 0.15) is 66.2 Å². The predicted molar refractivity (Wildman–Crippen MR) is 450 cm³/mol. The molecule has 116 heavy (non-hydrogen) atoms. The van der Waals surface area contributed by atoms with Crippen LogP contribution in [0.15, 0.2) is 42.5 Å². The highest BCUT2D eigenvalue weighted by Gasteiger charge is 2.39. The molecule has 0 radical (unpaired) electrons. The van der Waals surface area contributed by atoms with E-state index in [2.05, 4.69) is 110 Å². The summed E-state index contributed by atoms with van der Waals surface area (Å²) in [5.41, 5.74) is 33.9. The molecule has 644 valence electrons. The van der Waals surface area contributed by atoms with Crippen molar-refractivity contribution in [2.24, 2.45) is 46.2 Å². The number of thiol groups is 2. The zero-order valence-electron chi connectivity index (χ0n) is 64.5. The van der Waals surface area contributed by atoms with E-state index in [0.717, 1.165) is 0 Å². The van der Waals surface area contributed by atoms with E-state index < -0.39 is 204 Å². The van der Waals surface area contributed by atoms with Gasteiger partial charge in [-0.1, -0.05) is 70.9 Å². The molecule has 0 aromatic heterocycles. The summed E-state index contributed by atoms with van der Waals surface area (Å²) in [6.45, 7) is 5.06. The molecule has 0 aliphatic carbocycles. The van der Waals surface area contributed by atoms with Gasteiger partial charge in [-0.25, -0.2) is 0 Å². The molecule has 2 rings (SSSR count). The molecule has 0 aliphatic heterocycles. The number of amides is 13. The first-order valence-electron chi connectivity index (χ1n) is 36.8. The molecule has 2 aromatic carbocycles. The van der Waals surface area contributed by atoms with Crippen molar-refractivity contribution in [3.63, 3.8) is 0 Å². The molecule has 0 bridgehead atoms. The lowest BCUT2D eigenvalue weighted by Gasteiger charge is -2.30. The zero-order valence-corrected chi connectivity index (χ0v) is 70.6. The highest BCUT2D eigenvalue weighted by atomic mass is 127. The van der Waals surface area contributed by atoms with Gasteiger partial charge in [-0.2, -0.15) is 25.3 Å². The number of carboxylic acid groups (broad SMARTS) is 1. The number of aromatic hydroxyl groups is 1. The third-order valence-electron chi connectivity index (χ3n) is 17.6. The maximum Gasteiger partial charge on any atom is 0.305 e. The van der Waals surface area contributed by atoms with Gasteiger partial charge in [0.15, 0.2) is 23.8 Å². The number of Topliss-reactive ketones (excluding diaryl/α,β-unsaturated/α-hetero) is 1. The van der Waals surface area contributed by atoms with Crippen LogP contribution in [-0.2, 0) is 84.8 Å². The average Bonchev–Trinajstić information content (AvgIpc) is 0.846. The van der Waals surface area contributed by atoms with E-state index in [9.17, 15) is 82.1 Å². The Morgan fingerprint density at radius 2 is 0.776 bits per heavy atom. The van der Waals surface area contributed by atoms with Crippen LogP contribution in [0.1, 0.15) is 109 Å². The van der Waals surface area contributed by atoms with E-state index in [1.165, 1.54) is 6.92 Å². The summed E-state index contributed by atoms with van der Waals surface area (Å²) in [7, 11) is 0. The Kier molecular flexibility index (Phi) is 47.2. The smallest absolute Gasteiger partial charge is 0.305 e. The fourth-order valence-electron chi connectivity index (χ4n) is 10.8. The van der Waals surface area contributed by atoms with Crippen molar-refractivity contribution in [2.75, 3.05) is 50.8 Å². The van der Waals surface area contributed by atoms with Crippen molar-refractivity contribution < 1.29 is 82.1 Å². The molecule has 0 unspecified atom stereocenters. The number of phenolic OH excluding ortho intramolecular Hbond substituents is 1. The van der Waals surface area contributed by atoms with E-state index in [0.29, 0.717) is 24.7 Å². The number of carbonyl (C=O) groups excluding carboxylic acids is 14. The first-order chi connectivity index (χ1) is 54.7. The zero-order chi connectivity index (χ0) is 87.5. The second-order valence-electron chi connectivity index (χ2n) is 26.8. The number of phenols is 1. The number of carboxylic acids is 1. The molecule has 34 N–H and O–H groups in total. The van der Waals surface area contributed by atoms with Gasteiger partial charge in [0.05, 0.1) is 32.7 Å². The Morgan fingerprint density at radius 1 is 0.422 bits per heavy atom. The fourth-order valence-corrected chi connectivity index (χ4v) is 13.2. The lowest BCUT2D eigenvalue weighted by molar-refractivity contribution is -0.142. The molecule has 13 atom stereocenters. The maximum absolute atomic E-state index is 14.7. The number of hydrogen-bond acceptors (Lipinski definition) is 23. The number of halogens is 2. The van der Waals surface area contributed by atoms with Crippen LogP contribution in [0.2, 0.25) is 0 Å². The van der Waals surface area contributed by atoms with E-state index >= 15 is 0 Å². The number of benzene rings is 2. The third kappa shape index (κ3) is 38.9. The minimum absolute atomic E-state index is 0.00796. The number of rotatable bonds is 54. The van der Waals surface area contributed by atoms with E-state index in [1.54, 1.807) is 63.2 Å². The standard InChI is InChI=1S/C69H110I2N26O17S2/c1-5-33(3)51(64(113)92-44(26-35-14-8-7-9-15-35)61(110)89-41(18-12-22-84-68(78)79)58(107)94-46(31-115)54(103)55(73)104)97-60(109)42(19-13-23-85-69(80)81)90-62(111)45(28-50(100)101)93-65(114)52(34(4)6-2)96-59(108)40(17-11-21-83-67(76)77)88-49(99)30-86-48(98)29-87-57(106)43(27-36-24-37(70)53(102)38(71)25-36)91-63(112)47(32-116)95-56(105)39(72)16-10-20-82-66(74)75/h7-9,14-15,24-25,33-34,39-47,51-52,102,115-116H,5-6,10-13,16-23,26-32,72H2,1-4H3,(H2,73,104)(H,86,98)(H,87,106)(H,88,99)(H,89,110)(H,90,111)(H,91,112)(H,92,113)(H,93,114)(H,94,107)(H,95,105)(H,96,108)(H,97,109)(H,100,101)(H4,74,75,82)(H4,76,77,83)(H4,78,79,84)(H4,80,81,85)/t33-,34-,39-,40-,41-,42-,43-,44-,45-,46-,47-,51-,52-/m0/s1. The predicted octanol–water partition coefficient (Wildman–Crippen LogP) is -6.67. The SMILES string of the molecule is CC[C@H](C)[C@H](NC(=O)[C@H](CCCNC(=N)N)NC(=O)CNC(=O)CNC(=O)[C@H](Cc1cc(I)c(O)c(I)c1)NC(=O)[C@H](CS)NC(=O)[C@@H](N)CCCNC(=N)N)C(=O)N[C@@H](CC(=O)O)C(=O)N[C@@H](CCCNC(=N)N)C(=O)N[C@H](C(=O)N[C@@H](Cc1ccccc1)C(=O)N[C@@H](CCCNC(=N)N)C(=O)N[C@@H](CS)C(=O)C(N)=O)[C@@H](C)CC. The summed E-state index contributed by atoms with van der Waals surface area (Å²) in [6, 6.07) is -5.20. The van der Waals surface area contributed by atoms with Crippen molar-refractivity contribution >= 4 is 183 Å². The number of guanidine groups is 4. The number of aliphatic carboxylic acids is 1. The van der Waals surface area contributed by atoms with Gasteiger partial charge in [-0.3, -0.25) is 93.6 Å². The highest BCUT2D eigenvalue weighted by molar-refractivity contribution is 14.1. The molecule has 43 nitrogen and oxygen atoms in total. The summed E-state index contributed by atoms with van der Waals surface area (Å²) in [5, 5.41) is 90.9. The van der Waals surface area contributed by atoms with Crippen LogP contribution >= 0.6 is 70.4 Å². The molecule has 0 aliphatic rings. The van der Waals surface area contributed by atoms with Gasteiger partial charge in [0.2, 0.25) is 76.7 Å². The minimum Gasteiger partial charge on any atom is -0.506 e. The molecule has 0 fully saturated rings. The second-order valence-corrected chi connectivity index (χ2v) is 29.9. The summed E-state index contributed by atoms with van der Waals surface area (Å²) in [6.07, 6.45) is -1.22. The van der Waals surface area contributed by atoms with Gasteiger partial charge >= 0.3 is 5.97 Å². The topological polar surface area (TPSA) is 741 Å². The van der Waals surface area contributed by atoms with E-state index in [1.807, 2.05) is 45.2 Å². The molecule has 0 saturated heterocycles. The van der Waals surface area contributed by atoms with Crippen LogP contribution in [0, 0.1) is 40.6 Å². The van der Waals surface area contributed by atoms with Gasteiger partial charge in [-0.05, 0) is 132 Å². The van der Waals surface area contributed by atoms with Crippen LogP contribution in [0.5, 0.6) is 5.75 Å². The Labute approximate surface area is 708 Å². The van der Waals surface area contributed by atoms with Crippen molar-refractivity contribution in [2.45, 2.75) is 178 Å². The Morgan fingerprint density at radius 3 is 1.21 bits per heavy atom. The fraction of sp³-hybridized carbons (Fsp3) is 0.551. The summed E-state index contributed by atoms with van der Waals surface area (Å²) < 4.78 is 0.813. The first kappa shape index (κ1) is 102. The van der Waals surface area contributed by atoms with Gasteiger partial charge in [-0.15, -0.1) is 0 Å². The lowest BCUT2D eigenvalue weighted by atomic mass is 9.96. The van der Waals surface area contributed by atoms with Crippen molar-refractivity contribution in [1.82, 2.24) is 85.1 Å². The number of hydrogen-bond donors (Lipinski definition) is 30.